The molecule has 0 aliphatic rings. The maximum atomic E-state index is 13.2. The molecule has 0 atom stereocenters. The van der Waals surface area contributed by atoms with E-state index in [4.69, 9.17) is 5.73 Å². The van der Waals surface area contributed by atoms with Crippen molar-refractivity contribution in [1.82, 2.24) is 24.8 Å². The first-order chi connectivity index (χ1) is 14.5. The van der Waals surface area contributed by atoms with Crippen molar-refractivity contribution in [1.29, 1.82) is 0 Å². The highest BCUT2D eigenvalue weighted by Gasteiger charge is 2.42. The third kappa shape index (κ3) is 4.09. The molecule has 2 N–H and O–H groups in total. The smallest absolute Gasteiger partial charge is 0.399 e. The maximum absolute atomic E-state index is 13.2. The van der Waals surface area contributed by atoms with Gasteiger partial charge in [0, 0.05) is 17.3 Å². The van der Waals surface area contributed by atoms with Gasteiger partial charge in [0.25, 0.3) is 0 Å². The molecule has 160 valence electrons. The Morgan fingerprint density at radius 1 is 0.806 bits per heavy atom. The van der Waals surface area contributed by atoms with Crippen molar-refractivity contribution >= 4 is 5.69 Å². The molecule has 0 saturated carbocycles. The van der Waals surface area contributed by atoms with Crippen molar-refractivity contribution < 1.29 is 26.3 Å². The molecule has 0 fully saturated rings. The Kier molecular flexibility index (Phi) is 4.71. The number of hydrogen-bond acceptors (Lipinski definition) is 4. The highest BCUT2D eigenvalue weighted by atomic mass is 19.4. The number of anilines is 1. The summed E-state index contributed by atoms with van der Waals surface area (Å²) in [7, 11) is 0. The summed E-state index contributed by atoms with van der Waals surface area (Å²) in [6, 6.07) is 12.1. The standard InChI is InChI=1S/C19H12F6N6/c20-18(21,22)16-9-17(19(23,24)25)31(28-16)13-6-4-11(5-7-13)15-10-30(29-27-15)14-3-1-2-12(26)8-14/h1-10H,26H2. The van der Waals surface area contributed by atoms with Gasteiger partial charge < -0.3 is 5.73 Å². The monoisotopic (exact) mass is 438 g/mol. The fraction of sp³-hybridized carbons (Fsp3) is 0.105. The van der Waals surface area contributed by atoms with E-state index in [0.717, 1.165) is 0 Å². The molecule has 31 heavy (non-hydrogen) atoms. The van der Waals surface area contributed by atoms with Gasteiger partial charge in [0.05, 0.1) is 17.6 Å². The molecule has 12 heteroatoms. The van der Waals surface area contributed by atoms with Crippen molar-refractivity contribution in [3.63, 3.8) is 0 Å². The zero-order chi connectivity index (χ0) is 22.4. The van der Waals surface area contributed by atoms with Gasteiger partial charge in [0.15, 0.2) is 5.69 Å². The van der Waals surface area contributed by atoms with Crippen LogP contribution in [0.15, 0.2) is 60.8 Å². The number of nitrogens with zero attached hydrogens (tertiary/aromatic N) is 5. The molecule has 2 aromatic carbocycles. The molecule has 0 spiro atoms. The number of nitrogens with two attached hydrogens (primary N) is 1. The lowest BCUT2D eigenvalue weighted by Gasteiger charge is -2.10. The molecule has 0 amide bonds. The van der Waals surface area contributed by atoms with Crippen LogP contribution in [0.25, 0.3) is 22.6 Å². The van der Waals surface area contributed by atoms with E-state index >= 15 is 0 Å². The Hall–Kier alpha value is -3.83. The first-order valence-electron chi connectivity index (χ1n) is 8.66. The Bertz CT molecular complexity index is 1220. The topological polar surface area (TPSA) is 74.5 Å². The van der Waals surface area contributed by atoms with Crippen molar-refractivity contribution in [2.75, 3.05) is 5.73 Å². The van der Waals surface area contributed by atoms with Crippen LogP contribution in [0, 0.1) is 0 Å². The van der Waals surface area contributed by atoms with Crippen LogP contribution in [-0.4, -0.2) is 24.8 Å². The van der Waals surface area contributed by atoms with E-state index in [2.05, 4.69) is 15.4 Å². The molecule has 0 radical (unpaired) electrons. The van der Waals surface area contributed by atoms with E-state index in [9.17, 15) is 26.3 Å². The van der Waals surface area contributed by atoms with Gasteiger partial charge in [-0.15, -0.1) is 5.10 Å². The van der Waals surface area contributed by atoms with E-state index in [1.165, 1.54) is 28.9 Å². The van der Waals surface area contributed by atoms with Crippen molar-refractivity contribution in [2.24, 2.45) is 0 Å². The number of nitrogen functional groups attached to an aromatic ring is 1. The summed E-state index contributed by atoms with van der Waals surface area (Å²) in [5.41, 5.74) is 4.47. The highest BCUT2D eigenvalue weighted by molar-refractivity contribution is 5.60. The molecule has 0 aliphatic carbocycles. The average Bonchev–Trinajstić information content (AvgIpc) is 3.35. The van der Waals surface area contributed by atoms with E-state index in [0.29, 0.717) is 22.6 Å². The SMILES string of the molecule is Nc1cccc(-n2cc(-c3ccc(-n4nc(C(F)(F)F)cc4C(F)(F)F)cc3)nn2)c1. The molecule has 0 unspecified atom stereocenters. The molecular weight excluding hydrogens is 426 g/mol. The van der Waals surface area contributed by atoms with Crippen LogP contribution in [0.1, 0.15) is 11.4 Å². The van der Waals surface area contributed by atoms with Crippen LogP contribution in [-0.2, 0) is 12.4 Å². The summed E-state index contributed by atoms with van der Waals surface area (Å²) in [6.07, 6.45) is -8.44. The normalized spacial score (nSPS) is 12.3. The lowest BCUT2D eigenvalue weighted by Crippen LogP contribution is -2.13. The summed E-state index contributed by atoms with van der Waals surface area (Å²) in [5, 5.41) is 11.1. The number of benzene rings is 2. The van der Waals surface area contributed by atoms with E-state index in [1.807, 2.05) is 0 Å². The number of hydrogen-bond donors (Lipinski definition) is 1. The van der Waals surface area contributed by atoms with Crippen molar-refractivity contribution in [3.05, 3.63) is 72.2 Å². The summed E-state index contributed by atoms with van der Waals surface area (Å²) >= 11 is 0. The molecule has 0 aliphatic heterocycles. The summed E-state index contributed by atoms with van der Waals surface area (Å²) in [5.74, 6) is 0. The van der Waals surface area contributed by atoms with Gasteiger partial charge in [-0.2, -0.15) is 31.4 Å². The van der Waals surface area contributed by atoms with Crippen LogP contribution in [0.2, 0.25) is 0 Å². The molecule has 0 bridgehead atoms. The van der Waals surface area contributed by atoms with E-state index < -0.39 is 23.7 Å². The lowest BCUT2D eigenvalue weighted by molar-refractivity contribution is -0.143. The van der Waals surface area contributed by atoms with Crippen molar-refractivity contribution in [3.8, 4) is 22.6 Å². The van der Waals surface area contributed by atoms with E-state index in [1.54, 1.807) is 30.5 Å². The second kappa shape index (κ2) is 7.15. The minimum Gasteiger partial charge on any atom is -0.399 e. The van der Waals surface area contributed by atoms with Gasteiger partial charge in [-0.05, 0) is 30.3 Å². The van der Waals surface area contributed by atoms with E-state index in [-0.39, 0.29) is 16.4 Å². The van der Waals surface area contributed by atoms with Gasteiger partial charge in [0.1, 0.15) is 11.4 Å². The average molecular weight is 438 g/mol. The Morgan fingerprint density at radius 3 is 2.13 bits per heavy atom. The summed E-state index contributed by atoms with van der Waals surface area (Å²) in [4.78, 5) is 0. The van der Waals surface area contributed by atoms with Gasteiger partial charge in [0.2, 0.25) is 0 Å². The largest absolute Gasteiger partial charge is 0.435 e. The first-order valence-corrected chi connectivity index (χ1v) is 8.66. The van der Waals surface area contributed by atoms with Crippen molar-refractivity contribution in [2.45, 2.75) is 12.4 Å². The fourth-order valence-electron chi connectivity index (χ4n) is 2.88. The third-order valence-corrected chi connectivity index (χ3v) is 4.33. The second-order valence-electron chi connectivity index (χ2n) is 6.51. The van der Waals surface area contributed by atoms with Crippen LogP contribution < -0.4 is 5.73 Å². The Balaban J connectivity index is 1.68. The Labute approximate surface area is 170 Å². The van der Waals surface area contributed by atoms with Gasteiger partial charge in [-0.1, -0.05) is 23.4 Å². The lowest BCUT2D eigenvalue weighted by atomic mass is 10.1. The number of halogens is 6. The van der Waals surface area contributed by atoms with Crippen LogP contribution in [0.4, 0.5) is 32.0 Å². The predicted molar refractivity (Wildman–Crippen MR) is 98.3 cm³/mol. The molecule has 2 aromatic heterocycles. The first kappa shape index (κ1) is 20.4. The zero-order valence-electron chi connectivity index (χ0n) is 15.4. The molecule has 4 rings (SSSR count). The summed E-state index contributed by atoms with van der Waals surface area (Å²) < 4.78 is 79.9. The van der Waals surface area contributed by atoms with Crippen LogP contribution >= 0.6 is 0 Å². The minimum atomic E-state index is -5.02. The van der Waals surface area contributed by atoms with Crippen LogP contribution in [0.5, 0.6) is 0 Å². The third-order valence-electron chi connectivity index (χ3n) is 4.33. The Morgan fingerprint density at radius 2 is 1.52 bits per heavy atom. The quantitative estimate of drug-likeness (QED) is 0.370. The minimum absolute atomic E-state index is 0.0228. The molecular formula is C19H12F6N6. The molecule has 6 nitrogen and oxygen atoms in total. The number of alkyl halides is 6. The summed E-state index contributed by atoms with van der Waals surface area (Å²) in [6.45, 7) is 0. The van der Waals surface area contributed by atoms with Crippen LogP contribution in [0.3, 0.4) is 0 Å². The maximum Gasteiger partial charge on any atom is 0.435 e. The number of rotatable bonds is 3. The van der Waals surface area contributed by atoms with Gasteiger partial charge >= 0.3 is 12.4 Å². The molecule has 2 heterocycles. The van der Waals surface area contributed by atoms with Gasteiger partial charge in [-0.25, -0.2) is 9.36 Å². The highest BCUT2D eigenvalue weighted by Crippen LogP contribution is 2.36. The molecule has 4 aromatic rings. The second-order valence-corrected chi connectivity index (χ2v) is 6.51. The number of aromatic nitrogens is 5. The fourth-order valence-corrected chi connectivity index (χ4v) is 2.88. The predicted octanol–water partition coefficient (Wildman–Crippen LogP) is 4.74. The van der Waals surface area contributed by atoms with Gasteiger partial charge in [-0.3, -0.25) is 0 Å². The zero-order valence-corrected chi connectivity index (χ0v) is 15.4. The molecule has 0 saturated heterocycles.